The summed E-state index contributed by atoms with van der Waals surface area (Å²) in [5.41, 5.74) is 3.50. The number of carbonyl (C=O) groups is 1. The monoisotopic (exact) mass is 344 g/mol. The van der Waals surface area contributed by atoms with Crippen molar-refractivity contribution >= 4 is 5.91 Å². The molecule has 3 aromatic rings. The van der Waals surface area contributed by atoms with Crippen molar-refractivity contribution in [3.8, 4) is 0 Å². The van der Waals surface area contributed by atoms with Gasteiger partial charge in [0, 0.05) is 6.54 Å². The minimum atomic E-state index is -0.0374. The third-order valence-corrected chi connectivity index (χ3v) is 4.28. The van der Waals surface area contributed by atoms with E-state index in [4.69, 9.17) is 0 Å². The summed E-state index contributed by atoms with van der Waals surface area (Å²) < 4.78 is 0. The van der Waals surface area contributed by atoms with E-state index < -0.39 is 0 Å². The van der Waals surface area contributed by atoms with E-state index in [2.05, 4.69) is 34.9 Å². The highest BCUT2D eigenvalue weighted by Gasteiger charge is 2.15. The van der Waals surface area contributed by atoms with Crippen LogP contribution in [0, 0.1) is 0 Å². The number of nitrogens with one attached hydrogen (secondary N) is 2. The maximum atomic E-state index is 12.4. The normalized spacial score (nSPS) is 11.7. The molecule has 3 rings (SSSR count). The van der Waals surface area contributed by atoms with Crippen molar-refractivity contribution in [2.24, 2.45) is 0 Å². The summed E-state index contributed by atoms with van der Waals surface area (Å²) in [6.07, 6.45) is 0.773. The van der Waals surface area contributed by atoms with Crippen molar-refractivity contribution in [1.29, 1.82) is 0 Å². The van der Waals surface area contributed by atoms with Gasteiger partial charge in [0.1, 0.15) is 0 Å². The topological polar surface area (TPSA) is 41.1 Å². The van der Waals surface area contributed by atoms with Gasteiger partial charge in [-0.15, -0.1) is 0 Å². The zero-order valence-electron chi connectivity index (χ0n) is 14.8. The van der Waals surface area contributed by atoms with E-state index in [1.807, 2.05) is 66.7 Å². The molecule has 26 heavy (non-hydrogen) atoms. The first-order chi connectivity index (χ1) is 12.8. The van der Waals surface area contributed by atoms with E-state index in [1.54, 1.807) is 0 Å². The van der Waals surface area contributed by atoms with E-state index in [1.165, 1.54) is 11.1 Å². The highest BCUT2D eigenvalue weighted by Crippen LogP contribution is 2.18. The van der Waals surface area contributed by atoms with Crippen molar-refractivity contribution in [1.82, 2.24) is 10.6 Å². The molecule has 0 unspecified atom stereocenters. The lowest BCUT2D eigenvalue weighted by Gasteiger charge is -2.20. The Kier molecular flexibility index (Phi) is 6.57. The summed E-state index contributed by atoms with van der Waals surface area (Å²) in [6, 6.07) is 30.4. The molecule has 3 heteroatoms. The first-order valence-corrected chi connectivity index (χ1v) is 8.94. The van der Waals surface area contributed by atoms with Gasteiger partial charge in [-0.25, -0.2) is 0 Å². The van der Waals surface area contributed by atoms with Gasteiger partial charge in [-0.3, -0.25) is 4.79 Å². The fraction of sp³-hybridized carbons (Fsp3) is 0.174. The zero-order valence-corrected chi connectivity index (χ0v) is 14.8. The number of carbonyl (C=O) groups excluding carboxylic acids is 1. The predicted molar refractivity (Wildman–Crippen MR) is 106 cm³/mol. The van der Waals surface area contributed by atoms with Crippen LogP contribution in [0.25, 0.3) is 0 Å². The van der Waals surface area contributed by atoms with Crippen molar-refractivity contribution in [2.75, 3.05) is 6.54 Å². The lowest BCUT2D eigenvalue weighted by atomic mass is 9.99. The molecule has 0 spiro atoms. The molecule has 0 fully saturated rings. The molecule has 0 radical (unpaired) electrons. The smallest absolute Gasteiger partial charge is 0.234 e. The molecule has 0 heterocycles. The van der Waals surface area contributed by atoms with Gasteiger partial charge < -0.3 is 10.6 Å². The summed E-state index contributed by atoms with van der Waals surface area (Å²) in [5, 5.41) is 6.38. The van der Waals surface area contributed by atoms with Gasteiger partial charge in [0.15, 0.2) is 0 Å². The Balaban J connectivity index is 1.59. The fourth-order valence-corrected chi connectivity index (χ4v) is 2.95. The van der Waals surface area contributed by atoms with E-state index in [-0.39, 0.29) is 11.9 Å². The average Bonchev–Trinajstić information content (AvgIpc) is 2.70. The highest BCUT2D eigenvalue weighted by molar-refractivity contribution is 5.78. The van der Waals surface area contributed by atoms with E-state index in [0.717, 1.165) is 12.0 Å². The second-order valence-corrected chi connectivity index (χ2v) is 6.31. The molecule has 0 saturated heterocycles. The van der Waals surface area contributed by atoms with Gasteiger partial charge in [0.25, 0.3) is 0 Å². The molecule has 0 aliphatic rings. The highest BCUT2D eigenvalue weighted by atomic mass is 16.1. The lowest BCUT2D eigenvalue weighted by Crippen LogP contribution is -2.37. The molecule has 1 amide bonds. The Morgan fingerprint density at radius 1 is 0.731 bits per heavy atom. The zero-order chi connectivity index (χ0) is 18.0. The average molecular weight is 344 g/mol. The number of rotatable bonds is 8. The number of benzene rings is 3. The van der Waals surface area contributed by atoms with Crippen LogP contribution < -0.4 is 10.6 Å². The van der Waals surface area contributed by atoms with Crippen LogP contribution in [0.1, 0.15) is 22.7 Å². The Labute approximate surface area is 155 Å². The van der Waals surface area contributed by atoms with Gasteiger partial charge in [0.2, 0.25) is 5.91 Å². The molecule has 1 atom stereocenters. The summed E-state index contributed by atoms with van der Waals surface area (Å²) >= 11 is 0. The van der Waals surface area contributed by atoms with E-state index >= 15 is 0 Å². The van der Waals surface area contributed by atoms with Gasteiger partial charge in [0.05, 0.1) is 12.6 Å². The molecule has 0 bridgehead atoms. The Morgan fingerprint density at radius 3 is 1.88 bits per heavy atom. The molecule has 0 saturated carbocycles. The minimum absolute atomic E-state index is 0.00529. The molecular weight excluding hydrogens is 320 g/mol. The van der Waals surface area contributed by atoms with Gasteiger partial charge >= 0.3 is 0 Å². The summed E-state index contributed by atoms with van der Waals surface area (Å²) in [4.78, 5) is 12.4. The largest absolute Gasteiger partial charge is 0.348 e. The van der Waals surface area contributed by atoms with Crippen LogP contribution in [0.5, 0.6) is 0 Å². The van der Waals surface area contributed by atoms with Gasteiger partial charge in [-0.1, -0.05) is 91.0 Å². The summed E-state index contributed by atoms with van der Waals surface area (Å²) in [6.45, 7) is 0.982. The predicted octanol–water partition coefficient (Wildman–Crippen LogP) is 3.88. The molecular formula is C23H24N2O. The first-order valence-electron chi connectivity index (χ1n) is 8.94. The maximum absolute atomic E-state index is 12.4. The Morgan fingerprint density at radius 2 is 1.27 bits per heavy atom. The quantitative estimate of drug-likeness (QED) is 0.651. The second kappa shape index (κ2) is 9.54. The number of hydrogen-bond donors (Lipinski definition) is 2. The Bertz CT molecular complexity index is 788. The van der Waals surface area contributed by atoms with Crippen molar-refractivity contribution in [3.63, 3.8) is 0 Å². The van der Waals surface area contributed by atoms with Crippen LogP contribution in [-0.4, -0.2) is 12.5 Å². The molecule has 2 N–H and O–H groups in total. The summed E-state index contributed by atoms with van der Waals surface area (Å²) in [7, 11) is 0. The van der Waals surface area contributed by atoms with Crippen LogP contribution in [0.3, 0.4) is 0 Å². The van der Waals surface area contributed by atoms with Crippen molar-refractivity contribution in [3.05, 3.63) is 108 Å². The molecule has 0 aliphatic carbocycles. The maximum Gasteiger partial charge on any atom is 0.234 e. The molecule has 3 aromatic carbocycles. The van der Waals surface area contributed by atoms with Crippen molar-refractivity contribution in [2.45, 2.75) is 19.0 Å². The molecule has 0 aliphatic heterocycles. The number of amides is 1. The third kappa shape index (κ3) is 5.57. The first kappa shape index (κ1) is 17.9. The summed E-state index contributed by atoms with van der Waals surface area (Å²) in [5.74, 6) is 0.00529. The molecule has 3 nitrogen and oxygen atoms in total. The molecule has 132 valence electrons. The van der Waals surface area contributed by atoms with Crippen LogP contribution >= 0.6 is 0 Å². The van der Waals surface area contributed by atoms with E-state index in [0.29, 0.717) is 13.1 Å². The Hall–Kier alpha value is -2.91. The third-order valence-electron chi connectivity index (χ3n) is 4.28. The fourth-order valence-electron chi connectivity index (χ4n) is 2.95. The van der Waals surface area contributed by atoms with Crippen LogP contribution in [0.4, 0.5) is 0 Å². The SMILES string of the molecule is O=C(CNCc1ccccc1)N[C@@H](Cc1ccccc1)c1ccccc1. The lowest BCUT2D eigenvalue weighted by molar-refractivity contribution is -0.121. The van der Waals surface area contributed by atoms with Crippen LogP contribution in [0.2, 0.25) is 0 Å². The van der Waals surface area contributed by atoms with Crippen LogP contribution in [0.15, 0.2) is 91.0 Å². The van der Waals surface area contributed by atoms with Crippen LogP contribution in [-0.2, 0) is 17.8 Å². The van der Waals surface area contributed by atoms with E-state index in [9.17, 15) is 4.79 Å². The van der Waals surface area contributed by atoms with Gasteiger partial charge in [-0.2, -0.15) is 0 Å². The number of hydrogen-bond acceptors (Lipinski definition) is 2. The van der Waals surface area contributed by atoms with Gasteiger partial charge in [-0.05, 0) is 23.1 Å². The minimum Gasteiger partial charge on any atom is -0.348 e. The second-order valence-electron chi connectivity index (χ2n) is 6.31. The standard InChI is InChI=1S/C23H24N2O/c26-23(18-24-17-20-12-6-2-7-13-20)25-22(21-14-8-3-9-15-21)16-19-10-4-1-5-11-19/h1-15,22,24H,16-18H2,(H,25,26)/t22-/m0/s1. The molecule has 0 aromatic heterocycles. The van der Waals surface area contributed by atoms with Crippen molar-refractivity contribution < 1.29 is 4.79 Å².